The van der Waals surface area contributed by atoms with Crippen molar-refractivity contribution >= 4 is 11.8 Å². The number of nitrogens with one attached hydrogen (secondary N) is 2. The highest BCUT2D eigenvalue weighted by atomic mass is 16.2. The molecule has 0 aliphatic heterocycles. The number of urea groups is 1. The minimum absolute atomic E-state index is 0.213. The Morgan fingerprint density at radius 1 is 1.44 bits per heavy atom. The number of hydrogen-bond donors (Lipinski definition) is 2. The summed E-state index contributed by atoms with van der Waals surface area (Å²) in [6.07, 6.45) is 1.67. The van der Waals surface area contributed by atoms with Gasteiger partial charge in [-0.15, -0.1) is 0 Å². The van der Waals surface area contributed by atoms with Crippen LogP contribution in [0, 0.1) is 0 Å². The van der Waals surface area contributed by atoms with Crippen LogP contribution in [-0.4, -0.2) is 21.4 Å². The van der Waals surface area contributed by atoms with Gasteiger partial charge in [0.2, 0.25) is 0 Å². The molecule has 1 aromatic rings. The van der Waals surface area contributed by atoms with Gasteiger partial charge in [-0.1, -0.05) is 0 Å². The van der Waals surface area contributed by atoms with Crippen LogP contribution in [0.3, 0.4) is 0 Å². The summed E-state index contributed by atoms with van der Waals surface area (Å²) in [5.41, 5.74) is -0.243. The molecule has 0 aliphatic carbocycles. The molecule has 1 heterocycles. The number of rotatable bonds is 2. The van der Waals surface area contributed by atoms with Crippen LogP contribution in [0.2, 0.25) is 0 Å². The third kappa shape index (κ3) is 3.56. The molecule has 0 spiro atoms. The highest BCUT2D eigenvalue weighted by molar-refractivity contribution is 5.88. The van der Waals surface area contributed by atoms with Gasteiger partial charge in [0.05, 0.1) is 6.20 Å². The lowest BCUT2D eigenvalue weighted by molar-refractivity contribution is 0.243. The molecular formula is C11H20N4O. The van der Waals surface area contributed by atoms with Gasteiger partial charge in [0, 0.05) is 17.6 Å². The zero-order valence-electron chi connectivity index (χ0n) is 10.5. The Balaban J connectivity index is 2.67. The van der Waals surface area contributed by atoms with E-state index in [-0.39, 0.29) is 17.6 Å². The maximum absolute atomic E-state index is 11.6. The van der Waals surface area contributed by atoms with Crippen LogP contribution in [0.1, 0.15) is 40.7 Å². The third-order valence-corrected chi connectivity index (χ3v) is 1.89. The summed E-state index contributed by atoms with van der Waals surface area (Å²) < 4.78 is 1.77. The molecule has 0 aromatic carbocycles. The fourth-order valence-electron chi connectivity index (χ4n) is 1.31. The molecule has 2 amide bonds. The fourth-order valence-corrected chi connectivity index (χ4v) is 1.31. The van der Waals surface area contributed by atoms with Crippen LogP contribution < -0.4 is 10.6 Å². The lowest BCUT2D eigenvalue weighted by Crippen LogP contribution is -2.43. The zero-order valence-corrected chi connectivity index (χ0v) is 10.5. The molecule has 0 atom stereocenters. The number of anilines is 1. The molecule has 2 N–H and O–H groups in total. The van der Waals surface area contributed by atoms with E-state index in [4.69, 9.17) is 0 Å². The molecule has 0 saturated carbocycles. The van der Waals surface area contributed by atoms with Crippen LogP contribution in [0.4, 0.5) is 10.6 Å². The van der Waals surface area contributed by atoms with Gasteiger partial charge in [0.25, 0.3) is 0 Å². The second kappa shape index (κ2) is 4.55. The Labute approximate surface area is 96.2 Å². The van der Waals surface area contributed by atoms with Crippen molar-refractivity contribution in [2.24, 2.45) is 0 Å². The second-order valence-electron chi connectivity index (χ2n) is 5.08. The van der Waals surface area contributed by atoms with Crippen LogP contribution in [0.25, 0.3) is 0 Å². The van der Waals surface area contributed by atoms with Gasteiger partial charge < -0.3 is 5.32 Å². The van der Waals surface area contributed by atoms with E-state index >= 15 is 0 Å². The molecule has 5 nitrogen and oxygen atoms in total. The molecular weight excluding hydrogens is 204 g/mol. The van der Waals surface area contributed by atoms with Gasteiger partial charge in [-0.2, -0.15) is 5.10 Å². The summed E-state index contributed by atoms with van der Waals surface area (Å²) in [5.74, 6) is 0.705. The van der Waals surface area contributed by atoms with E-state index in [1.54, 1.807) is 16.9 Å². The van der Waals surface area contributed by atoms with Crippen LogP contribution in [0.15, 0.2) is 12.3 Å². The number of hydrogen-bond acceptors (Lipinski definition) is 2. The molecule has 0 aliphatic rings. The monoisotopic (exact) mass is 224 g/mol. The van der Waals surface area contributed by atoms with Crippen molar-refractivity contribution in [3.63, 3.8) is 0 Å². The first-order valence-corrected chi connectivity index (χ1v) is 5.42. The Hall–Kier alpha value is -1.52. The predicted octanol–water partition coefficient (Wildman–Crippen LogP) is 2.38. The number of carbonyl (C=O) groups excluding carboxylic acids is 1. The molecule has 0 fully saturated rings. The standard InChI is InChI=1S/C11H20N4O/c1-8(2)15-9(6-7-12-15)13-10(16)14-11(3,4)5/h6-8H,1-5H3,(H2,13,14,16). The van der Waals surface area contributed by atoms with Crippen molar-refractivity contribution in [1.82, 2.24) is 15.1 Å². The number of nitrogens with zero attached hydrogens (tertiary/aromatic N) is 2. The summed E-state index contributed by atoms with van der Waals surface area (Å²) in [6, 6.07) is 1.79. The minimum Gasteiger partial charge on any atom is -0.333 e. The summed E-state index contributed by atoms with van der Waals surface area (Å²) >= 11 is 0. The second-order valence-corrected chi connectivity index (χ2v) is 5.08. The van der Waals surface area contributed by atoms with Crippen molar-refractivity contribution in [2.75, 3.05) is 5.32 Å². The molecule has 0 radical (unpaired) electrons. The normalized spacial score (nSPS) is 11.6. The number of aromatic nitrogens is 2. The SMILES string of the molecule is CC(C)n1nccc1NC(=O)NC(C)(C)C. The fraction of sp³-hybridized carbons (Fsp3) is 0.636. The van der Waals surface area contributed by atoms with E-state index in [0.717, 1.165) is 0 Å². The molecule has 5 heteroatoms. The summed E-state index contributed by atoms with van der Waals surface area (Å²) in [7, 11) is 0. The van der Waals surface area contributed by atoms with Gasteiger partial charge in [-0.05, 0) is 34.6 Å². The van der Waals surface area contributed by atoms with Crippen molar-refractivity contribution in [1.29, 1.82) is 0 Å². The first-order chi connectivity index (χ1) is 7.29. The van der Waals surface area contributed by atoms with Crippen molar-refractivity contribution in [3.8, 4) is 0 Å². The van der Waals surface area contributed by atoms with Crippen LogP contribution in [0.5, 0.6) is 0 Å². The Kier molecular flexibility index (Phi) is 3.57. The first kappa shape index (κ1) is 12.5. The summed E-state index contributed by atoms with van der Waals surface area (Å²) in [6.45, 7) is 9.84. The van der Waals surface area contributed by atoms with E-state index in [1.807, 2.05) is 34.6 Å². The molecule has 90 valence electrons. The largest absolute Gasteiger partial charge is 0.333 e. The predicted molar refractivity (Wildman–Crippen MR) is 64.5 cm³/mol. The summed E-state index contributed by atoms with van der Waals surface area (Å²) in [4.78, 5) is 11.6. The average Bonchev–Trinajstić information content (AvgIpc) is 2.47. The minimum atomic E-state index is -0.243. The summed E-state index contributed by atoms with van der Waals surface area (Å²) in [5, 5.41) is 9.75. The number of amides is 2. The molecule has 0 unspecified atom stereocenters. The van der Waals surface area contributed by atoms with Gasteiger partial charge in [-0.25, -0.2) is 9.48 Å². The quantitative estimate of drug-likeness (QED) is 0.810. The topological polar surface area (TPSA) is 59.0 Å². The first-order valence-electron chi connectivity index (χ1n) is 5.42. The van der Waals surface area contributed by atoms with E-state index in [9.17, 15) is 4.79 Å². The van der Waals surface area contributed by atoms with Gasteiger partial charge >= 0.3 is 6.03 Å². The van der Waals surface area contributed by atoms with Crippen LogP contribution >= 0.6 is 0 Å². The number of carbonyl (C=O) groups is 1. The van der Waals surface area contributed by atoms with E-state index < -0.39 is 0 Å². The highest BCUT2D eigenvalue weighted by Gasteiger charge is 2.15. The van der Waals surface area contributed by atoms with E-state index in [2.05, 4.69) is 15.7 Å². The molecule has 1 aromatic heterocycles. The van der Waals surface area contributed by atoms with E-state index in [1.165, 1.54) is 0 Å². The Morgan fingerprint density at radius 2 is 2.06 bits per heavy atom. The lowest BCUT2D eigenvalue weighted by Gasteiger charge is -2.21. The van der Waals surface area contributed by atoms with Crippen molar-refractivity contribution in [3.05, 3.63) is 12.3 Å². The van der Waals surface area contributed by atoms with Crippen LogP contribution in [-0.2, 0) is 0 Å². The maximum atomic E-state index is 11.6. The molecule has 0 saturated heterocycles. The average molecular weight is 224 g/mol. The Bertz CT molecular complexity index is 362. The molecule has 0 bridgehead atoms. The Morgan fingerprint density at radius 3 is 2.56 bits per heavy atom. The maximum Gasteiger partial charge on any atom is 0.320 e. The smallest absolute Gasteiger partial charge is 0.320 e. The van der Waals surface area contributed by atoms with Gasteiger partial charge in [-0.3, -0.25) is 5.32 Å². The molecule has 16 heavy (non-hydrogen) atoms. The third-order valence-electron chi connectivity index (χ3n) is 1.89. The highest BCUT2D eigenvalue weighted by Crippen LogP contribution is 2.13. The molecule has 1 rings (SSSR count). The zero-order chi connectivity index (χ0) is 12.3. The lowest BCUT2D eigenvalue weighted by atomic mass is 10.1. The van der Waals surface area contributed by atoms with Gasteiger partial charge in [0.1, 0.15) is 5.82 Å². The van der Waals surface area contributed by atoms with Crippen molar-refractivity contribution < 1.29 is 4.79 Å². The van der Waals surface area contributed by atoms with Gasteiger partial charge in [0.15, 0.2) is 0 Å². The van der Waals surface area contributed by atoms with Crippen molar-refractivity contribution in [2.45, 2.75) is 46.2 Å². The van der Waals surface area contributed by atoms with E-state index in [0.29, 0.717) is 5.82 Å².